The first-order valence-corrected chi connectivity index (χ1v) is 8.17. The SMILES string of the molecule is Cc1nc(-c2ccc(F)cc2)sc1-c1nc([C@H]2CCOC2)no1. The summed E-state index contributed by atoms with van der Waals surface area (Å²) in [5, 5.41) is 4.88. The number of rotatable bonds is 3. The summed E-state index contributed by atoms with van der Waals surface area (Å²) in [6, 6.07) is 6.28. The summed E-state index contributed by atoms with van der Waals surface area (Å²) in [5.74, 6) is 1.11. The molecule has 1 aliphatic heterocycles. The van der Waals surface area contributed by atoms with Gasteiger partial charge in [-0.2, -0.15) is 4.98 Å². The number of hydrogen-bond acceptors (Lipinski definition) is 6. The largest absolute Gasteiger partial charge is 0.381 e. The normalized spacial score (nSPS) is 17.7. The molecule has 1 aliphatic rings. The third kappa shape index (κ3) is 2.77. The van der Waals surface area contributed by atoms with Gasteiger partial charge in [0.2, 0.25) is 0 Å². The first kappa shape index (κ1) is 14.5. The number of nitrogens with zero attached hydrogens (tertiary/aromatic N) is 3. The highest BCUT2D eigenvalue weighted by Crippen LogP contribution is 2.35. The Bertz CT molecular complexity index is 822. The van der Waals surface area contributed by atoms with E-state index in [2.05, 4.69) is 15.1 Å². The Labute approximate surface area is 136 Å². The summed E-state index contributed by atoms with van der Waals surface area (Å²) < 4.78 is 23.8. The molecule has 118 valence electrons. The molecule has 1 saturated heterocycles. The van der Waals surface area contributed by atoms with Crippen molar-refractivity contribution in [3.63, 3.8) is 0 Å². The van der Waals surface area contributed by atoms with E-state index in [0.717, 1.165) is 34.2 Å². The first-order chi connectivity index (χ1) is 11.2. The molecule has 0 N–H and O–H groups in total. The van der Waals surface area contributed by atoms with Crippen LogP contribution < -0.4 is 0 Å². The predicted octanol–water partition coefficient (Wildman–Crippen LogP) is 3.81. The molecule has 2 aromatic heterocycles. The van der Waals surface area contributed by atoms with Crippen LogP contribution in [0.5, 0.6) is 0 Å². The summed E-state index contributed by atoms with van der Waals surface area (Å²) in [6.07, 6.45) is 0.918. The number of aryl methyl sites for hydroxylation is 1. The van der Waals surface area contributed by atoms with Gasteiger partial charge in [-0.1, -0.05) is 5.16 Å². The van der Waals surface area contributed by atoms with E-state index in [0.29, 0.717) is 18.3 Å². The van der Waals surface area contributed by atoms with Gasteiger partial charge in [0.1, 0.15) is 15.7 Å². The summed E-state index contributed by atoms with van der Waals surface area (Å²) in [4.78, 5) is 9.88. The van der Waals surface area contributed by atoms with Crippen LogP contribution in [0.3, 0.4) is 0 Å². The topological polar surface area (TPSA) is 61.0 Å². The van der Waals surface area contributed by atoms with Gasteiger partial charge < -0.3 is 9.26 Å². The lowest BCUT2D eigenvalue weighted by molar-refractivity contribution is 0.192. The van der Waals surface area contributed by atoms with Crippen LogP contribution in [0, 0.1) is 12.7 Å². The average molecular weight is 331 g/mol. The monoisotopic (exact) mass is 331 g/mol. The van der Waals surface area contributed by atoms with Crippen LogP contribution in [0.15, 0.2) is 28.8 Å². The van der Waals surface area contributed by atoms with Crippen LogP contribution in [-0.4, -0.2) is 28.3 Å². The summed E-state index contributed by atoms with van der Waals surface area (Å²) in [7, 11) is 0. The zero-order valence-electron chi connectivity index (χ0n) is 12.5. The number of ether oxygens (including phenoxy) is 1. The van der Waals surface area contributed by atoms with Gasteiger partial charge in [0.15, 0.2) is 5.82 Å². The summed E-state index contributed by atoms with van der Waals surface area (Å²) in [6.45, 7) is 3.28. The molecule has 1 fully saturated rings. The number of thiazole rings is 1. The molecule has 23 heavy (non-hydrogen) atoms. The number of halogens is 1. The van der Waals surface area contributed by atoms with Gasteiger partial charge in [-0.05, 0) is 37.6 Å². The Hall–Kier alpha value is -2.12. The summed E-state index contributed by atoms with van der Waals surface area (Å²) >= 11 is 1.47. The van der Waals surface area contributed by atoms with Crippen LogP contribution >= 0.6 is 11.3 Å². The van der Waals surface area contributed by atoms with Crippen molar-refractivity contribution in [2.45, 2.75) is 19.3 Å². The van der Waals surface area contributed by atoms with E-state index in [9.17, 15) is 4.39 Å². The van der Waals surface area contributed by atoms with E-state index in [4.69, 9.17) is 9.26 Å². The maximum absolute atomic E-state index is 13.0. The molecular weight excluding hydrogens is 317 g/mol. The van der Waals surface area contributed by atoms with Crippen LogP contribution in [0.25, 0.3) is 21.3 Å². The molecule has 1 atom stereocenters. The number of aromatic nitrogens is 3. The second-order valence-electron chi connectivity index (χ2n) is 5.46. The van der Waals surface area contributed by atoms with Crippen molar-refractivity contribution in [2.24, 2.45) is 0 Å². The lowest BCUT2D eigenvalue weighted by Gasteiger charge is -1.97. The van der Waals surface area contributed by atoms with Gasteiger partial charge in [0, 0.05) is 18.1 Å². The Kier molecular flexibility index (Phi) is 3.66. The first-order valence-electron chi connectivity index (χ1n) is 7.36. The molecule has 0 spiro atoms. The zero-order valence-corrected chi connectivity index (χ0v) is 13.3. The molecule has 5 nitrogen and oxygen atoms in total. The van der Waals surface area contributed by atoms with Crippen molar-refractivity contribution >= 4 is 11.3 Å². The predicted molar refractivity (Wildman–Crippen MR) is 83.7 cm³/mol. The molecular formula is C16H14FN3O2S. The van der Waals surface area contributed by atoms with Crippen LogP contribution in [0.1, 0.15) is 23.9 Å². The highest BCUT2D eigenvalue weighted by Gasteiger charge is 2.25. The molecule has 0 amide bonds. The fourth-order valence-corrected chi connectivity index (χ4v) is 3.54. The van der Waals surface area contributed by atoms with Gasteiger partial charge >= 0.3 is 0 Å². The van der Waals surface area contributed by atoms with Crippen molar-refractivity contribution in [1.29, 1.82) is 0 Å². The van der Waals surface area contributed by atoms with E-state index >= 15 is 0 Å². The third-order valence-corrected chi connectivity index (χ3v) is 5.01. The lowest BCUT2D eigenvalue weighted by atomic mass is 10.1. The maximum atomic E-state index is 13.0. The average Bonchev–Trinajstić information content (AvgIpc) is 3.27. The minimum absolute atomic E-state index is 0.206. The molecule has 3 aromatic rings. The Morgan fingerprint density at radius 3 is 2.78 bits per heavy atom. The molecule has 7 heteroatoms. The quantitative estimate of drug-likeness (QED) is 0.730. The van der Waals surface area contributed by atoms with Gasteiger partial charge in [-0.15, -0.1) is 11.3 Å². The van der Waals surface area contributed by atoms with Gasteiger partial charge in [0.05, 0.1) is 12.3 Å². The van der Waals surface area contributed by atoms with E-state index in [-0.39, 0.29) is 11.7 Å². The van der Waals surface area contributed by atoms with E-state index in [1.165, 1.54) is 23.5 Å². The van der Waals surface area contributed by atoms with Crippen LogP contribution in [0.2, 0.25) is 0 Å². The molecule has 0 bridgehead atoms. The molecule has 0 saturated carbocycles. The van der Waals surface area contributed by atoms with Gasteiger partial charge in [-0.25, -0.2) is 9.37 Å². The summed E-state index contributed by atoms with van der Waals surface area (Å²) in [5.41, 5.74) is 1.70. The fourth-order valence-electron chi connectivity index (χ4n) is 2.54. The molecule has 4 rings (SSSR count). The highest BCUT2D eigenvalue weighted by atomic mass is 32.1. The molecule has 3 heterocycles. The Morgan fingerprint density at radius 1 is 1.22 bits per heavy atom. The van der Waals surface area contributed by atoms with Crippen molar-refractivity contribution in [1.82, 2.24) is 15.1 Å². The van der Waals surface area contributed by atoms with Crippen molar-refractivity contribution < 1.29 is 13.7 Å². The molecule has 0 unspecified atom stereocenters. The second kappa shape index (κ2) is 5.82. The lowest BCUT2D eigenvalue weighted by Crippen LogP contribution is -1.99. The molecule has 0 aliphatic carbocycles. The minimum Gasteiger partial charge on any atom is -0.381 e. The standard InChI is InChI=1S/C16H14FN3O2S/c1-9-13(15-19-14(20-22-15)11-6-7-21-8-11)23-16(18-9)10-2-4-12(17)5-3-10/h2-5,11H,6-8H2,1H3/t11-/m0/s1. The van der Waals surface area contributed by atoms with Gasteiger partial charge in [0.25, 0.3) is 5.89 Å². The number of benzene rings is 1. The van der Waals surface area contributed by atoms with E-state index in [1.807, 2.05) is 6.92 Å². The number of hydrogen-bond donors (Lipinski definition) is 0. The smallest absolute Gasteiger partial charge is 0.269 e. The van der Waals surface area contributed by atoms with Crippen LogP contribution in [-0.2, 0) is 4.74 Å². The van der Waals surface area contributed by atoms with Crippen LogP contribution in [0.4, 0.5) is 4.39 Å². The fraction of sp³-hybridized carbons (Fsp3) is 0.312. The molecule has 0 radical (unpaired) electrons. The van der Waals surface area contributed by atoms with Gasteiger partial charge in [-0.3, -0.25) is 0 Å². The Morgan fingerprint density at radius 2 is 2.04 bits per heavy atom. The second-order valence-corrected chi connectivity index (χ2v) is 6.46. The van der Waals surface area contributed by atoms with E-state index < -0.39 is 0 Å². The van der Waals surface area contributed by atoms with Crippen molar-refractivity contribution in [2.75, 3.05) is 13.2 Å². The third-order valence-electron chi connectivity index (χ3n) is 3.82. The Balaban J connectivity index is 1.65. The van der Waals surface area contributed by atoms with Crippen molar-refractivity contribution in [3.8, 4) is 21.3 Å². The minimum atomic E-state index is -0.262. The highest BCUT2D eigenvalue weighted by molar-refractivity contribution is 7.18. The molecule has 1 aromatic carbocycles. The van der Waals surface area contributed by atoms with E-state index in [1.54, 1.807) is 12.1 Å². The van der Waals surface area contributed by atoms with Crippen molar-refractivity contribution in [3.05, 3.63) is 41.6 Å². The zero-order chi connectivity index (χ0) is 15.8. The maximum Gasteiger partial charge on any atom is 0.269 e.